The lowest BCUT2D eigenvalue weighted by molar-refractivity contribution is 0.181. The maximum absolute atomic E-state index is 5.85. The Morgan fingerprint density at radius 2 is 2.06 bits per heavy atom. The van der Waals surface area contributed by atoms with E-state index in [-0.39, 0.29) is 0 Å². The molecule has 0 radical (unpaired) electrons. The van der Waals surface area contributed by atoms with Crippen LogP contribution in [0.25, 0.3) is 11.5 Å². The van der Waals surface area contributed by atoms with Crippen LogP contribution in [-0.4, -0.2) is 22.1 Å². The Bertz CT molecular complexity index is 574. The first-order chi connectivity index (χ1) is 8.61. The van der Waals surface area contributed by atoms with E-state index in [0.717, 1.165) is 5.69 Å². The number of aryl methyl sites for hydroxylation is 1. The van der Waals surface area contributed by atoms with Crippen LogP contribution in [-0.2, 0) is 11.3 Å². The van der Waals surface area contributed by atoms with Crippen molar-refractivity contribution >= 4 is 21.7 Å². The Morgan fingerprint density at radius 1 is 1.28 bits per heavy atom. The molecule has 2 rings (SSSR count). The molecule has 0 aromatic carbocycles. The molecule has 2 aromatic rings. The smallest absolute Gasteiger partial charge is 0.180 e. The second-order valence-electron chi connectivity index (χ2n) is 3.79. The van der Waals surface area contributed by atoms with Crippen LogP contribution in [0.15, 0.2) is 22.7 Å². The lowest BCUT2D eigenvalue weighted by atomic mass is 10.3. The van der Waals surface area contributed by atoms with Gasteiger partial charge in [-0.05, 0) is 35.0 Å². The highest BCUT2D eigenvalue weighted by Gasteiger charge is 2.12. The molecule has 94 valence electrons. The van der Waals surface area contributed by atoms with Gasteiger partial charge in [0, 0.05) is 12.8 Å². The number of hydrogen-bond acceptors (Lipinski definition) is 5. The van der Waals surface area contributed by atoms with Crippen LogP contribution in [0.4, 0.5) is 5.82 Å². The second kappa shape index (κ2) is 5.41. The molecule has 0 saturated carbocycles. The Kier molecular flexibility index (Phi) is 3.88. The third-order valence-electron chi connectivity index (χ3n) is 2.34. The summed E-state index contributed by atoms with van der Waals surface area (Å²) in [5, 5.41) is 0. The number of nitrogens with two attached hydrogens (primary N) is 1. The summed E-state index contributed by atoms with van der Waals surface area (Å²) in [6, 6.07) is 5.68. The number of anilines is 1. The van der Waals surface area contributed by atoms with Crippen LogP contribution >= 0.6 is 15.9 Å². The van der Waals surface area contributed by atoms with Crippen LogP contribution in [0.3, 0.4) is 0 Å². The SMILES string of the molecule is COCc1nc(-c2cccc(C)n2)nc(N)c1Br. The average molecular weight is 309 g/mol. The number of nitrogen functional groups attached to an aromatic ring is 1. The molecule has 18 heavy (non-hydrogen) atoms. The first-order valence-electron chi connectivity index (χ1n) is 5.36. The Morgan fingerprint density at radius 3 is 2.72 bits per heavy atom. The van der Waals surface area contributed by atoms with Gasteiger partial charge in [-0.3, -0.25) is 0 Å². The molecule has 6 heteroatoms. The van der Waals surface area contributed by atoms with Crippen molar-refractivity contribution in [3.8, 4) is 11.5 Å². The standard InChI is InChI=1S/C12H13BrN4O/c1-7-4-3-5-8(15-7)12-16-9(6-18-2)10(13)11(14)17-12/h3-5H,6H2,1-2H3,(H2,14,16,17). The van der Waals surface area contributed by atoms with Crippen molar-refractivity contribution in [2.45, 2.75) is 13.5 Å². The van der Waals surface area contributed by atoms with Crippen LogP contribution in [0.5, 0.6) is 0 Å². The highest BCUT2D eigenvalue weighted by atomic mass is 79.9. The number of pyridine rings is 1. The minimum absolute atomic E-state index is 0.367. The predicted octanol–water partition coefficient (Wildman–Crippen LogP) is 2.34. The maximum Gasteiger partial charge on any atom is 0.180 e. The summed E-state index contributed by atoms with van der Waals surface area (Å²) >= 11 is 3.35. The van der Waals surface area contributed by atoms with Gasteiger partial charge in [0.1, 0.15) is 11.5 Å². The predicted molar refractivity (Wildman–Crippen MR) is 72.8 cm³/mol. The molecule has 5 nitrogen and oxygen atoms in total. The highest BCUT2D eigenvalue weighted by molar-refractivity contribution is 9.10. The fraction of sp³-hybridized carbons (Fsp3) is 0.250. The molecule has 2 aromatic heterocycles. The number of ether oxygens (including phenoxy) is 1. The highest BCUT2D eigenvalue weighted by Crippen LogP contribution is 2.24. The van der Waals surface area contributed by atoms with Crippen molar-refractivity contribution in [3.05, 3.63) is 34.1 Å². The normalized spacial score (nSPS) is 10.6. The second-order valence-corrected chi connectivity index (χ2v) is 4.58. The summed E-state index contributed by atoms with van der Waals surface area (Å²) < 4.78 is 5.75. The summed E-state index contributed by atoms with van der Waals surface area (Å²) in [5.41, 5.74) is 8.17. The topological polar surface area (TPSA) is 73.9 Å². The van der Waals surface area contributed by atoms with Crippen LogP contribution in [0.1, 0.15) is 11.4 Å². The third-order valence-corrected chi connectivity index (χ3v) is 3.21. The van der Waals surface area contributed by atoms with Crippen LogP contribution in [0, 0.1) is 6.92 Å². The van der Waals surface area contributed by atoms with Crippen molar-refractivity contribution < 1.29 is 4.74 Å². The van der Waals surface area contributed by atoms with Crippen LogP contribution in [0.2, 0.25) is 0 Å². The van der Waals surface area contributed by atoms with Gasteiger partial charge in [-0.1, -0.05) is 6.07 Å². The molecule has 0 bridgehead atoms. The van der Waals surface area contributed by atoms with Gasteiger partial charge >= 0.3 is 0 Å². The first kappa shape index (κ1) is 12.9. The summed E-state index contributed by atoms with van der Waals surface area (Å²) in [7, 11) is 1.61. The van der Waals surface area contributed by atoms with E-state index >= 15 is 0 Å². The van der Waals surface area contributed by atoms with Crippen molar-refractivity contribution in [2.75, 3.05) is 12.8 Å². The molecule has 2 N–H and O–H groups in total. The summed E-state index contributed by atoms with van der Waals surface area (Å²) in [4.78, 5) is 13.0. The van der Waals surface area contributed by atoms with Crippen molar-refractivity contribution in [3.63, 3.8) is 0 Å². The molecular weight excluding hydrogens is 296 g/mol. The van der Waals surface area contributed by atoms with Gasteiger partial charge in [0.2, 0.25) is 0 Å². The van der Waals surface area contributed by atoms with Crippen molar-refractivity contribution in [2.24, 2.45) is 0 Å². The number of halogens is 1. The van der Waals surface area contributed by atoms with E-state index < -0.39 is 0 Å². The quantitative estimate of drug-likeness (QED) is 0.942. The first-order valence-corrected chi connectivity index (χ1v) is 6.16. The number of rotatable bonds is 3. The molecule has 0 fully saturated rings. The monoisotopic (exact) mass is 308 g/mol. The summed E-state index contributed by atoms with van der Waals surface area (Å²) in [6.07, 6.45) is 0. The molecule has 0 saturated heterocycles. The number of hydrogen-bond donors (Lipinski definition) is 1. The Balaban J connectivity index is 2.51. The van der Waals surface area contributed by atoms with Gasteiger partial charge in [-0.15, -0.1) is 0 Å². The lowest BCUT2D eigenvalue weighted by Gasteiger charge is -2.08. The molecule has 0 spiro atoms. The molecule has 2 heterocycles. The minimum atomic E-state index is 0.367. The van der Waals surface area contributed by atoms with Crippen molar-refractivity contribution in [1.29, 1.82) is 0 Å². The van der Waals surface area contributed by atoms with Gasteiger partial charge in [0.25, 0.3) is 0 Å². The summed E-state index contributed by atoms with van der Waals surface area (Å²) in [6.45, 7) is 2.29. The van der Waals surface area contributed by atoms with Gasteiger partial charge in [0.05, 0.1) is 16.8 Å². The lowest BCUT2D eigenvalue weighted by Crippen LogP contribution is -2.04. The fourth-order valence-corrected chi connectivity index (χ4v) is 1.82. The van der Waals surface area contributed by atoms with E-state index in [9.17, 15) is 0 Å². The molecule has 0 atom stereocenters. The Hall–Kier alpha value is -1.53. The zero-order valence-corrected chi connectivity index (χ0v) is 11.7. The molecule has 0 aliphatic rings. The summed E-state index contributed by atoms with van der Waals surface area (Å²) in [5.74, 6) is 0.891. The number of aromatic nitrogens is 3. The maximum atomic E-state index is 5.85. The molecular formula is C12H13BrN4O. The minimum Gasteiger partial charge on any atom is -0.383 e. The van der Waals surface area contributed by atoms with Gasteiger partial charge in [-0.2, -0.15) is 0 Å². The van der Waals surface area contributed by atoms with E-state index in [1.807, 2.05) is 25.1 Å². The third kappa shape index (κ3) is 2.65. The largest absolute Gasteiger partial charge is 0.383 e. The fourth-order valence-electron chi connectivity index (χ4n) is 1.53. The molecule has 0 aliphatic heterocycles. The van der Waals surface area contributed by atoms with E-state index in [1.165, 1.54) is 0 Å². The zero-order valence-electron chi connectivity index (χ0n) is 10.1. The molecule has 0 aliphatic carbocycles. The van der Waals surface area contributed by atoms with E-state index in [4.69, 9.17) is 10.5 Å². The van der Waals surface area contributed by atoms with Crippen molar-refractivity contribution in [1.82, 2.24) is 15.0 Å². The number of nitrogens with zero attached hydrogens (tertiary/aromatic N) is 3. The molecule has 0 unspecified atom stereocenters. The van der Waals surface area contributed by atoms with E-state index in [2.05, 4.69) is 30.9 Å². The zero-order chi connectivity index (χ0) is 13.1. The average Bonchev–Trinajstić information content (AvgIpc) is 2.35. The van der Waals surface area contributed by atoms with Gasteiger partial charge < -0.3 is 10.5 Å². The van der Waals surface area contributed by atoms with Gasteiger partial charge in [-0.25, -0.2) is 15.0 Å². The van der Waals surface area contributed by atoms with Gasteiger partial charge in [0.15, 0.2) is 5.82 Å². The van der Waals surface area contributed by atoms with Crippen LogP contribution < -0.4 is 5.73 Å². The molecule has 0 amide bonds. The Labute approximate surface area is 114 Å². The number of methoxy groups -OCH3 is 1. The van der Waals surface area contributed by atoms with E-state index in [1.54, 1.807) is 7.11 Å². The van der Waals surface area contributed by atoms with E-state index in [0.29, 0.717) is 34.1 Å².